The zero-order valence-corrected chi connectivity index (χ0v) is 11.3. The summed E-state index contributed by atoms with van der Waals surface area (Å²) in [6, 6.07) is 1.49. The van der Waals surface area contributed by atoms with Gasteiger partial charge in [-0.1, -0.05) is 18.5 Å². The second kappa shape index (κ2) is 6.35. The van der Waals surface area contributed by atoms with Gasteiger partial charge in [-0.3, -0.25) is 0 Å². The lowest BCUT2D eigenvalue weighted by Gasteiger charge is -2.15. The third kappa shape index (κ3) is 2.79. The highest BCUT2D eigenvalue weighted by Crippen LogP contribution is 2.39. The summed E-state index contributed by atoms with van der Waals surface area (Å²) in [5.74, 6) is -0.0766. The maximum absolute atomic E-state index is 11.9. The van der Waals surface area contributed by atoms with Gasteiger partial charge in [-0.2, -0.15) is 0 Å². The zero-order chi connectivity index (χ0) is 13.7. The second-order valence-corrected chi connectivity index (χ2v) is 3.93. The third-order valence-electron chi connectivity index (χ3n) is 2.30. The number of esters is 1. The lowest BCUT2D eigenvalue weighted by atomic mass is 10.1. The average molecular weight is 274 g/mol. The third-order valence-corrected chi connectivity index (χ3v) is 2.58. The van der Waals surface area contributed by atoms with Crippen molar-refractivity contribution < 1.29 is 19.0 Å². The Morgan fingerprint density at radius 2 is 2.06 bits per heavy atom. The Morgan fingerprint density at radius 1 is 1.39 bits per heavy atom. The standard InChI is InChI=1S/C12H16ClNO4/c1-4-5-18-12(15)9-10(14)8(16-2)6-7(13)11(9)17-3/h6H,4-5,14H2,1-3H3. The second-order valence-electron chi connectivity index (χ2n) is 3.52. The molecule has 0 aliphatic carbocycles. The number of anilines is 1. The molecule has 0 spiro atoms. The summed E-state index contributed by atoms with van der Waals surface area (Å²) in [5, 5.41) is 0.243. The number of carbonyl (C=O) groups is 1. The molecule has 1 aromatic carbocycles. The van der Waals surface area contributed by atoms with Crippen molar-refractivity contribution >= 4 is 23.3 Å². The Labute approximate surface area is 111 Å². The molecule has 1 aromatic rings. The quantitative estimate of drug-likeness (QED) is 0.659. The van der Waals surface area contributed by atoms with Gasteiger partial charge in [-0.15, -0.1) is 0 Å². The Morgan fingerprint density at radius 3 is 2.56 bits per heavy atom. The van der Waals surface area contributed by atoms with Crippen molar-refractivity contribution in [3.05, 3.63) is 16.7 Å². The van der Waals surface area contributed by atoms with E-state index < -0.39 is 5.97 Å². The molecule has 100 valence electrons. The normalized spacial score (nSPS) is 10.0. The maximum Gasteiger partial charge on any atom is 0.344 e. The Hall–Kier alpha value is -1.62. The van der Waals surface area contributed by atoms with Crippen molar-refractivity contribution in [3.8, 4) is 11.5 Å². The van der Waals surface area contributed by atoms with Crippen LogP contribution >= 0.6 is 11.6 Å². The van der Waals surface area contributed by atoms with E-state index in [1.54, 1.807) is 0 Å². The fraction of sp³-hybridized carbons (Fsp3) is 0.417. The number of ether oxygens (including phenoxy) is 3. The van der Waals surface area contributed by atoms with E-state index in [0.717, 1.165) is 0 Å². The van der Waals surface area contributed by atoms with E-state index >= 15 is 0 Å². The molecule has 0 aromatic heterocycles. The molecule has 0 saturated heterocycles. The van der Waals surface area contributed by atoms with Crippen LogP contribution in [-0.4, -0.2) is 26.8 Å². The van der Waals surface area contributed by atoms with Crippen LogP contribution in [-0.2, 0) is 4.74 Å². The van der Waals surface area contributed by atoms with Crippen LogP contribution in [0.3, 0.4) is 0 Å². The van der Waals surface area contributed by atoms with Gasteiger partial charge in [0, 0.05) is 6.07 Å². The van der Waals surface area contributed by atoms with Crippen LogP contribution in [0.1, 0.15) is 23.7 Å². The van der Waals surface area contributed by atoms with Gasteiger partial charge in [-0.05, 0) is 6.42 Å². The van der Waals surface area contributed by atoms with Gasteiger partial charge in [0.2, 0.25) is 0 Å². The topological polar surface area (TPSA) is 70.8 Å². The number of nitrogens with two attached hydrogens (primary N) is 1. The minimum Gasteiger partial charge on any atom is -0.495 e. The summed E-state index contributed by atoms with van der Waals surface area (Å²) in [6.45, 7) is 2.20. The highest BCUT2D eigenvalue weighted by Gasteiger charge is 2.23. The molecule has 0 aliphatic rings. The van der Waals surface area contributed by atoms with Gasteiger partial charge in [0.15, 0.2) is 5.75 Å². The highest BCUT2D eigenvalue weighted by molar-refractivity contribution is 6.33. The van der Waals surface area contributed by atoms with Crippen LogP contribution in [0, 0.1) is 0 Å². The van der Waals surface area contributed by atoms with Gasteiger partial charge in [0.25, 0.3) is 0 Å². The molecule has 2 N–H and O–H groups in total. The average Bonchev–Trinajstić information content (AvgIpc) is 2.37. The number of hydrogen-bond acceptors (Lipinski definition) is 5. The van der Waals surface area contributed by atoms with Crippen LogP contribution in [0.15, 0.2) is 6.07 Å². The molecule has 0 saturated carbocycles. The van der Waals surface area contributed by atoms with Crippen LogP contribution in [0.5, 0.6) is 11.5 Å². The Kier molecular flexibility index (Phi) is 5.09. The molecule has 0 bridgehead atoms. The monoisotopic (exact) mass is 273 g/mol. The van der Waals surface area contributed by atoms with Crippen molar-refractivity contribution in [1.82, 2.24) is 0 Å². The van der Waals surface area contributed by atoms with E-state index in [-0.39, 0.29) is 22.0 Å². The molecular weight excluding hydrogens is 258 g/mol. The predicted molar refractivity (Wildman–Crippen MR) is 69.5 cm³/mol. The molecular formula is C12H16ClNO4. The number of hydrogen-bond donors (Lipinski definition) is 1. The molecule has 0 unspecified atom stereocenters. The van der Waals surface area contributed by atoms with Crippen LogP contribution in [0.2, 0.25) is 5.02 Å². The smallest absolute Gasteiger partial charge is 0.344 e. The lowest BCUT2D eigenvalue weighted by Crippen LogP contribution is -2.12. The minimum absolute atomic E-state index is 0.0929. The van der Waals surface area contributed by atoms with Crippen LogP contribution in [0.25, 0.3) is 0 Å². The zero-order valence-electron chi connectivity index (χ0n) is 10.6. The summed E-state index contributed by atoms with van der Waals surface area (Å²) in [5.41, 5.74) is 6.09. The van der Waals surface area contributed by atoms with Crippen LogP contribution in [0.4, 0.5) is 5.69 Å². The minimum atomic E-state index is -0.577. The number of rotatable bonds is 5. The summed E-state index contributed by atoms with van der Waals surface area (Å²) < 4.78 is 15.2. The van der Waals surface area contributed by atoms with Gasteiger partial charge in [-0.25, -0.2) is 4.79 Å². The van der Waals surface area contributed by atoms with Crippen molar-refractivity contribution in [2.45, 2.75) is 13.3 Å². The number of methoxy groups -OCH3 is 2. The van der Waals surface area contributed by atoms with Crippen molar-refractivity contribution in [2.75, 3.05) is 26.6 Å². The van der Waals surface area contributed by atoms with Gasteiger partial charge < -0.3 is 19.9 Å². The van der Waals surface area contributed by atoms with E-state index in [1.807, 2.05) is 6.92 Å². The SMILES string of the molecule is CCCOC(=O)c1c(N)c(OC)cc(Cl)c1OC. The molecule has 0 aliphatic heterocycles. The first-order chi connectivity index (χ1) is 8.56. The van der Waals surface area contributed by atoms with Gasteiger partial charge in [0.1, 0.15) is 11.3 Å². The first-order valence-electron chi connectivity index (χ1n) is 5.43. The highest BCUT2D eigenvalue weighted by atomic mass is 35.5. The number of halogens is 1. The first kappa shape index (κ1) is 14.4. The first-order valence-corrected chi connectivity index (χ1v) is 5.81. The van der Waals surface area contributed by atoms with Crippen molar-refractivity contribution in [3.63, 3.8) is 0 Å². The lowest BCUT2D eigenvalue weighted by molar-refractivity contribution is 0.0502. The molecule has 0 radical (unpaired) electrons. The molecule has 0 fully saturated rings. The largest absolute Gasteiger partial charge is 0.495 e. The summed E-state index contributed by atoms with van der Waals surface area (Å²) in [7, 11) is 2.85. The van der Waals surface area contributed by atoms with Crippen LogP contribution < -0.4 is 15.2 Å². The van der Waals surface area contributed by atoms with E-state index in [0.29, 0.717) is 18.8 Å². The maximum atomic E-state index is 11.9. The Bertz CT molecular complexity index is 448. The molecule has 1 rings (SSSR count). The summed E-state index contributed by atoms with van der Waals surface area (Å²) in [4.78, 5) is 11.9. The summed E-state index contributed by atoms with van der Waals surface area (Å²) in [6.07, 6.45) is 0.714. The number of nitrogen functional groups attached to an aromatic ring is 1. The fourth-order valence-electron chi connectivity index (χ4n) is 1.46. The Balaban J connectivity index is 3.29. The van der Waals surface area contributed by atoms with E-state index in [1.165, 1.54) is 20.3 Å². The fourth-order valence-corrected chi connectivity index (χ4v) is 1.73. The van der Waals surface area contributed by atoms with E-state index in [9.17, 15) is 4.79 Å². The van der Waals surface area contributed by atoms with Gasteiger partial charge >= 0.3 is 5.97 Å². The molecule has 18 heavy (non-hydrogen) atoms. The molecule has 5 nitrogen and oxygen atoms in total. The van der Waals surface area contributed by atoms with E-state index in [4.69, 9.17) is 31.5 Å². The van der Waals surface area contributed by atoms with Crippen molar-refractivity contribution in [1.29, 1.82) is 0 Å². The predicted octanol–water partition coefficient (Wildman–Crippen LogP) is 2.51. The van der Waals surface area contributed by atoms with Crippen molar-refractivity contribution in [2.24, 2.45) is 0 Å². The number of carbonyl (C=O) groups excluding carboxylic acids is 1. The van der Waals surface area contributed by atoms with Gasteiger partial charge in [0.05, 0.1) is 31.5 Å². The molecule has 0 atom stereocenters. The molecule has 0 heterocycles. The molecule has 0 amide bonds. The van der Waals surface area contributed by atoms with E-state index in [2.05, 4.69) is 0 Å². The summed E-state index contributed by atoms with van der Waals surface area (Å²) >= 11 is 6.00. The molecule has 6 heteroatoms. The number of benzene rings is 1.